The lowest BCUT2D eigenvalue weighted by Gasteiger charge is -2.21. The summed E-state index contributed by atoms with van der Waals surface area (Å²) in [5, 5.41) is 5.05. The maximum atomic E-state index is 13.1. The van der Waals surface area contributed by atoms with Gasteiger partial charge in [-0.3, -0.25) is 4.79 Å². The summed E-state index contributed by atoms with van der Waals surface area (Å²) < 4.78 is 16.5. The standard InChI is InChI=1S/C26H26N2O4S/c1-30-14-13-28(26(29)20-9-5-10-22(15-20)31-2)16-21-18-33-25(27-21)17-32-24-12-6-8-19-7-3-4-11-23(19)24/h3-12,15,18H,13-14,16-17H2,1-2H3. The molecule has 0 saturated carbocycles. The minimum atomic E-state index is -0.0903. The van der Waals surface area contributed by atoms with Crippen molar-refractivity contribution < 1.29 is 19.0 Å². The molecular formula is C26H26N2O4S. The van der Waals surface area contributed by atoms with Crippen LogP contribution in [0.4, 0.5) is 0 Å². The molecule has 0 bridgehead atoms. The van der Waals surface area contributed by atoms with Gasteiger partial charge >= 0.3 is 0 Å². The number of benzene rings is 3. The summed E-state index contributed by atoms with van der Waals surface area (Å²) in [5.74, 6) is 1.39. The summed E-state index contributed by atoms with van der Waals surface area (Å²) in [6.07, 6.45) is 0. The Balaban J connectivity index is 1.44. The maximum absolute atomic E-state index is 13.1. The van der Waals surface area contributed by atoms with Gasteiger partial charge in [0.25, 0.3) is 5.91 Å². The lowest BCUT2D eigenvalue weighted by molar-refractivity contribution is 0.0678. The topological polar surface area (TPSA) is 60.9 Å². The van der Waals surface area contributed by atoms with E-state index in [0.29, 0.717) is 37.6 Å². The van der Waals surface area contributed by atoms with E-state index < -0.39 is 0 Å². The Morgan fingerprint density at radius 1 is 1.03 bits per heavy atom. The summed E-state index contributed by atoms with van der Waals surface area (Å²) in [5.41, 5.74) is 1.39. The summed E-state index contributed by atoms with van der Waals surface area (Å²) >= 11 is 1.53. The molecule has 0 aliphatic rings. The van der Waals surface area contributed by atoms with Crippen LogP contribution in [-0.4, -0.2) is 43.2 Å². The zero-order valence-corrected chi connectivity index (χ0v) is 19.5. The first-order valence-corrected chi connectivity index (χ1v) is 11.5. The second-order valence-electron chi connectivity index (χ2n) is 7.45. The SMILES string of the molecule is COCCN(Cc1csc(COc2cccc3ccccc23)n1)C(=O)c1cccc(OC)c1. The van der Waals surface area contributed by atoms with Crippen LogP contribution in [0.3, 0.4) is 0 Å². The molecule has 0 atom stereocenters. The number of thiazole rings is 1. The van der Waals surface area contributed by atoms with Gasteiger partial charge in [-0.1, -0.05) is 42.5 Å². The Hall–Kier alpha value is -3.42. The molecule has 0 unspecified atom stereocenters. The molecule has 1 amide bonds. The van der Waals surface area contributed by atoms with Crippen molar-refractivity contribution in [2.45, 2.75) is 13.2 Å². The molecule has 0 aliphatic heterocycles. The molecule has 0 aliphatic carbocycles. The Morgan fingerprint density at radius 2 is 1.85 bits per heavy atom. The highest BCUT2D eigenvalue weighted by atomic mass is 32.1. The van der Waals surface area contributed by atoms with Crippen molar-refractivity contribution in [3.63, 3.8) is 0 Å². The fraction of sp³-hybridized carbons (Fsp3) is 0.231. The number of methoxy groups -OCH3 is 2. The van der Waals surface area contributed by atoms with E-state index in [2.05, 4.69) is 18.2 Å². The highest BCUT2D eigenvalue weighted by Crippen LogP contribution is 2.26. The Labute approximate surface area is 197 Å². The number of hydrogen-bond acceptors (Lipinski definition) is 6. The number of fused-ring (bicyclic) bond motifs is 1. The zero-order valence-electron chi connectivity index (χ0n) is 18.7. The molecule has 1 heterocycles. The lowest BCUT2D eigenvalue weighted by Crippen LogP contribution is -2.33. The third kappa shape index (κ3) is 5.69. The predicted octanol–water partition coefficient (Wildman–Crippen LogP) is 5.17. The van der Waals surface area contributed by atoms with Crippen LogP contribution in [0.15, 0.2) is 72.1 Å². The van der Waals surface area contributed by atoms with Gasteiger partial charge in [-0.15, -0.1) is 11.3 Å². The van der Waals surface area contributed by atoms with Crippen LogP contribution in [-0.2, 0) is 17.9 Å². The van der Waals surface area contributed by atoms with Gasteiger partial charge in [0, 0.05) is 30.0 Å². The molecule has 0 N–H and O–H groups in total. The first-order valence-electron chi connectivity index (χ1n) is 10.6. The molecule has 170 valence electrons. The fourth-order valence-corrected chi connectivity index (χ4v) is 4.23. The van der Waals surface area contributed by atoms with Crippen LogP contribution in [0.2, 0.25) is 0 Å². The average molecular weight is 463 g/mol. The largest absolute Gasteiger partial charge is 0.497 e. The van der Waals surface area contributed by atoms with Gasteiger partial charge in [-0.2, -0.15) is 0 Å². The molecule has 7 heteroatoms. The minimum absolute atomic E-state index is 0.0903. The summed E-state index contributed by atoms with van der Waals surface area (Å²) in [6, 6.07) is 21.3. The molecule has 4 rings (SSSR count). The number of rotatable bonds is 10. The van der Waals surface area contributed by atoms with E-state index in [1.54, 1.807) is 31.3 Å². The molecule has 1 aromatic heterocycles. The third-order valence-corrected chi connectivity index (χ3v) is 6.09. The second-order valence-corrected chi connectivity index (χ2v) is 8.39. The van der Waals surface area contributed by atoms with Crippen molar-refractivity contribution in [1.29, 1.82) is 0 Å². The van der Waals surface area contributed by atoms with Crippen molar-refractivity contribution in [1.82, 2.24) is 9.88 Å². The van der Waals surface area contributed by atoms with Crippen molar-refractivity contribution in [2.75, 3.05) is 27.4 Å². The summed E-state index contributed by atoms with van der Waals surface area (Å²) in [4.78, 5) is 19.6. The molecule has 3 aromatic carbocycles. The van der Waals surface area contributed by atoms with Gasteiger partial charge < -0.3 is 19.1 Å². The highest BCUT2D eigenvalue weighted by molar-refractivity contribution is 7.09. The molecule has 6 nitrogen and oxygen atoms in total. The number of nitrogens with zero attached hydrogens (tertiary/aromatic N) is 2. The first-order chi connectivity index (χ1) is 16.2. The Bertz CT molecular complexity index is 1220. The molecule has 0 spiro atoms. The van der Waals surface area contributed by atoms with Gasteiger partial charge in [0.2, 0.25) is 0 Å². The molecule has 0 radical (unpaired) electrons. The van der Waals surface area contributed by atoms with Gasteiger partial charge in [-0.25, -0.2) is 4.98 Å². The number of ether oxygens (including phenoxy) is 3. The number of hydrogen-bond donors (Lipinski definition) is 0. The summed E-state index contributed by atoms with van der Waals surface area (Å²) in [7, 11) is 3.21. The molecule has 4 aromatic rings. The monoisotopic (exact) mass is 462 g/mol. The van der Waals surface area contributed by atoms with Gasteiger partial charge in [0.05, 0.1) is 26.0 Å². The number of aromatic nitrogens is 1. The van der Waals surface area contributed by atoms with E-state index in [1.165, 1.54) is 11.3 Å². The number of amides is 1. The predicted molar refractivity (Wildman–Crippen MR) is 130 cm³/mol. The fourth-order valence-electron chi connectivity index (χ4n) is 3.54. The van der Waals surface area contributed by atoms with Crippen LogP contribution in [0.5, 0.6) is 11.5 Å². The van der Waals surface area contributed by atoms with Crippen molar-refractivity contribution in [3.8, 4) is 11.5 Å². The smallest absolute Gasteiger partial charge is 0.254 e. The van der Waals surface area contributed by atoms with Crippen LogP contribution < -0.4 is 9.47 Å². The highest BCUT2D eigenvalue weighted by Gasteiger charge is 2.18. The third-order valence-electron chi connectivity index (χ3n) is 5.22. The van der Waals surface area contributed by atoms with Crippen molar-refractivity contribution in [2.24, 2.45) is 0 Å². The quantitative estimate of drug-likeness (QED) is 0.325. The lowest BCUT2D eigenvalue weighted by atomic mass is 10.1. The van der Waals surface area contributed by atoms with E-state index in [9.17, 15) is 4.79 Å². The van der Waals surface area contributed by atoms with Crippen LogP contribution in [0.25, 0.3) is 10.8 Å². The Morgan fingerprint density at radius 3 is 2.70 bits per heavy atom. The minimum Gasteiger partial charge on any atom is -0.497 e. The maximum Gasteiger partial charge on any atom is 0.254 e. The van der Waals surface area contributed by atoms with Crippen LogP contribution in [0.1, 0.15) is 21.1 Å². The number of carbonyl (C=O) groups is 1. The second kappa shape index (κ2) is 10.9. The van der Waals surface area contributed by atoms with Gasteiger partial charge in [-0.05, 0) is 29.7 Å². The Kier molecular flexibility index (Phi) is 7.55. The van der Waals surface area contributed by atoms with E-state index in [4.69, 9.17) is 19.2 Å². The van der Waals surface area contributed by atoms with Crippen molar-refractivity contribution >= 4 is 28.0 Å². The van der Waals surface area contributed by atoms with Crippen LogP contribution in [0, 0.1) is 0 Å². The molecular weight excluding hydrogens is 436 g/mol. The zero-order chi connectivity index (χ0) is 23.0. The summed E-state index contributed by atoms with van der Waals surface area (Å²) in [6.45, 7) is 1.67. The van der Waals surface area contributed by atoms with E-state index in [0.717, 1.165) is 27.2 Å². The molecule has 0 saturated heterocycles. The first kappa shape index (κ1) is 22.8. The molecule has 33 heavy (non-hydrogen) atoms. The molecule has 0 fully saturated rings. The van der Waals surface area contributed by atoms with Crippen LogP contribution >= 0.6 is 11.3 Å². The van der Waals surface area contributed by atoms with Gasteiger partial charge in [0.1, 0.15) is 23.1 Å². The van der Waals surface area contributed by atoms with Gasteiger partial charge in [0.15, 0.2) is 0 Å². The number of carbonyl (C=O) groups excluding carboxylic acids is 1. The average Bonchev–Trinajstić information content (AvgIpc) is 3.32. The van der Waals surface area contributed by atoms with Crippen molar-refractivity contribution in [3.05, 3.63) is 88.4 Å². The normalized spacial score (nSPS) is 10.8. The van der Waals surface area contributed by atoms with E-state index >= 15 is 0 Å². The van der Waals surface area contributed by atoms with E-state index in [1.807, 2.05) is 41.8 Å². The van der Waals surface area contributed by atoms with E-state index in [-0.39, 0.29) is 5.91 Å².